The van der Waals surface area contributed by atoms with Gasteiger partial charge in [0.1, 0.15) is 5.75 Å². The number of aliphatic hydroxyl groups excluding tert-OH is 1. The van der Waals surface area contributed by atoms with Crippen molar-refractivity contribution in [2.75, 3.05) is 6.54 Å². The fraction of sp³-hybridized carbons (Fsp3) is 0.120. The maximum absolute atomic E-state index is 11.2. The highest BCUT2D eigenvalue weighted by molar-refractivity contribution is 5.92. The number of aliphatic hydroxyl groups is 1. The van der Waals surface area contributed by atoms with Gasteiger partial charge in [-0.25, -0.2) is 4.98 Å². The third kappa shape index (κ3) is 4.88. The van der Waals surface area contributed by atoms with Crippen LogP contribution in [0.1, 0.15) is 27.6 Å². The van der Waals surface area contributed by atoms with Gasteiger partial charge in [-0.05, 0) is 28.6 Å². The predicted molar refractivity (Wildman–Crippen MR) is 120 cm³/mol. The van der Waals surface area contributed by atoms with E-state index in [-0.39, 0.29) is 0 Å². The van der Waals surface area contributed by atoms with Crippen LogP contribution in [0.4, 0.5) is 0 Å². The molecule has 31 heavy (non-hydrogen) atoms. The normalized spacial score (nSPS) is 11.9. The van der Waals surface area contributed by atoms with Crippen LogP contribution in [-0.2, 0) is 6.54 Å². The molecular weight excluding hydrogens is 390 g/mol. The number of fused-ring (bicyclic) bond motifs is 1. The number of carbonyl (C=O) groups is 1. The zero-order valence-electron chi connectivity index (χ0n) is 16.9. The van der Waals surface area contributed by atoms with Crippen LogP contribution in [0, 0.1) is 0 Å². The largest absolute Gasteiger partial charge is 0.438 e. The molecule has 4 rings (SSSR count). The third-order valence-electron chi connectivity index (χ3n) is 5.05. The molecule has 0 aliphatic rings. The van der Waals surface area contributed by atoms with Gasteiger partial charge in [0, 0.05) is 30.7 Å². The fourth-order valence-corrected chi connectivity index (χ4v) is 3.43. The maximum Gasteiger partial charge on any atom is 0.250 e. The summed E-state index contributed by atoms with van der Waals surface area (Å²) in [6.45, 7) is 1.06. The second-order valence-corrected chi connectivity index (χ2v) is 7.18. The third-order valence-corrected chi connectivity index (χ3v) is 5.05. The molecule has 1 atom stereocenters. The average Bonchev–Trinajstić information content (AvgIpc) is 2.80. The zero-order chi connectivity index (χ0) is 21.6. The molecule has 0 saturated carbocycles. The highest BCUT2D eigenvalue weighted by Gasteiger charge is 2.10. The van der Waals surface area contributed by atoms with Crippen LogP contribution >= 0.6 is 0 Å². The summed E-state index contributed by atoms with van der Waals surface area (Å²) in [5.74, 6) is 0.522. The Morgan fingerprint density at radius 1 is 0.968 bits per heavy atom. The lowest BCUT2D eigenvalue weighted by molar-refractivity contribution is 0.1000. The van der Waals surface area contributed by atoms with Gasteiger partial charge < -0.3 is 20.9 Å². The van der Waals surface area contributed by atoms with Crippen LogP contribution in [-0.4, -0.2) is 22.5 Å². The lowest BCUT2D eigenvalue weighted by Gasteiger charge is -2.14. The van der Waals surface area contributed by atoms with Crippen molar-refractivity contribution in [2.24, 2.45) is 5.73 Å². The number of aromatic nitrogens is 1. The van der Waals surface area contributed by atoms with Crippen LogP contribution in [0.5, 0.6) is 11.6 Å². The molecule has 3 aromatic carbocycles. The summed E-state index contributed by atoms with van der Waals surface area (Å²) in [5, 5.41) is 15.7. The number of hydrogen-bond acceptors (Lipinski definition) is 5. The summed E-state index contributed by atoms with van der Waals surface area (Å²) < 4.78 is 5.96. The first-order chi connectivity index (χ1) is 15.1. The molecule has 0 aliphatic carbocycles. The number of ether oxygens (including phenoxy) is 1. The Balaban J connectivity index is 1.49. The number of rotatable bonds is 8. The standard InChI is InChI=1S/C25H23N3O3/c26-25(30)19-12-13-24(28-15-19)31-23-11-5-9-20-18(8-4-10-21(20)23)14-27-16-22(29)17-6-2-1-3-7-17/h1-13,15,22,27,29H,14,16H2,(H2,26,30)/t22-/m0/s1. The number of nitrogens with one attached hydrogen (secondary N) is 1. The van der Waals surface area contributed by atoms with Crippen molar-refractivity contribution in [3.8, 4) is 11.6 Å². The van der Waals surface area contributed by atoms with Crippen molar-refractivity contribution in [1.29, 1.82) is 0 Å². The van der Waals surface area contributed by atoms with Crippen molar-refractivity contribution >= 4 is 16.7 Å². The summed E-state index contributed by atoms with van der Waals surface area (Å²) >= 11 is 0. The van der Waals surface area contributed by atoms with E-state index in [1.165, 1.54) is 6.20 Å². The number of nitrogens with two attached hydrogens (primary N) is 1. The van der Waals surface area contributed by atoms with E-state index in [4.69, 9.17) is 10.5 Å². The lowest BCUT2D eigenvalue weighted by Crippen LogP contribution is -2.21. The van der Waals surface area contributed by atoms with Gasteiger partial charge in [0.15, 0.2) is 0 Å². The average molecular weight is 413 g/mol. The van der Waals surface area contributed by atoms with E-state index >= 15 is 0 Å². The molecule has 4 N–H and O–H groups in total. The number of hydrogen-bond donors (Lipinski definition) is 3. The minimum Gasteiger partial charge on any atom is -0.438 e. The van der Waals surface area contributed by atoms with Gasteiger partial charge in [0.25, 0.3) is 0 Å². The Bertz CT molecular complexity index is 1180. The van der Waals surface area contributed by atoms with Gasteiger partial charge >= 0.3 is 0 Å². The summed E-state index contributed by atoms with van der Waals surface area (Å²) in [7, 11) is 0. The SMILES string of the molecule is NC(=O)c1ccc(Oc2cccc3c(CNC[C@H](O)c4ccccc4)cccc23)nc1. The molecule has 0 unspecified atom stereocenters. The van der Waals surface area contributed by atoms with Gasteiger partial charge in [-0.3, -0.25) is 4.79 Å². The summed E-state index contributed by atoms with van der Waals surface area (Å²) in [4.78, 5) is 15.4. The Hall–Kier alpha value is -3.74. The lowest BCUT2D eigenvalue weighted by atomic mass is 10.0. The van der Waals surface area contributed by atoms with Gasteiger partial charge in [-0.1, -0.05) is 60.7 Å². The van der Waals surface area contributed by atoms with E-state index in [9.17, 15) is 9.90 Å². The molecule has 0 radical (unpaired) electrons. The van der Waals surface area contributed by atoms with Crippen molar-refractivity contribution in [2.45, 2.75) is 12.6 Å². The van der Waals surface area contributed by atoms with E-state index in [1.807, 2.05) is 66.7 Å². The topological polar surface area (TPSA) is 97.5 Å². The number of benzene rings is 3. The molecule has 156 valence electrons. The van der Waals surface area contributed by atoms with Crippen molar-refractivity contribution < 1.29 is 14.6 Å². The van der Waals surface area contributed by atoms with Crippen molar-refractivity contribution in [3.05, 3.63) is 102 Å². The first-order valence-corrected chi connectivity index (χ1v) is 10.00. The van der Waals surface area contributed by atoms with E-state index < -0.39 is 12.0 Å². The minimum atomic E-state index is -0.565. The molecule has 1 aromatic heterocycles. The van der Waals surface area contributed by atoms with Crippen LogP contribution in [0.3, 0.4) is 0 Å². The monoisotopic (exact) mass is 413 g/mol. The molecular formula is C25H23N3O3. The van der Waals surface area contributed by atoms with Crippen molar-refractivity contribution in [1.82, 2.24) is 10.3 Å². The van der Waals surface area contributed by atoms with Crippen LogP contribution in [0.25, 0.3) is 10.8 Å². The van der Waals surface area contributed by atoms with E-state index in [0.717, 1.165) is 21.9 Å². The fourth-order valence-electron chi connectivity index (χ4n) is 3.43. The Morgan fingerprint density at radius 2 is 1.74 bits per heavy atom. The summed E-state index contributed by atoms with van der Waals surface area (Å²) in [5.41, 5.74) is 7.57. The van der Waals surface area contributed by atoms with E-state index in [0.29, 0.717) is 30.3 Å². The number of primary amides is 1. The van der Waals surface area contributed by atoms with Gasteiger partial charge in [0.05, 0.1) is 11.7 Å². The molecule has 0 aliphatic heterocycles. The number of nitrogens with zero attached hydrogens (tertiary/aromatic N) is 1. The predicted octanol–water partition coefficient (Wildman–Crippen LogP) is 3.95. The van der Waals surface area contributed by atoms with Crippen molar-refractivity contribution in [3.63, 3.8) is 0 Å². The molecule has 0 saturated heterocycles. The highest BCUT2D eigenvalue weighted by Crippen LogP contribution is 2.31. The number of carbonyl (C=O) groups excluding carboxylic acids is 1. The Morgan fingerprint density at radius 3 is 2.48 bits per heavy atom. The molecule has 0 spiro atoms. The second-order valence-electron chi connectivity index (χ2n) is 7.18. The van der Waals surface area contributed by atoms with Crippen LogP contribution in [0.15, 0.2) is 85.1 Å². The zero-order valence-corrected chi connectivity index (χ0v) is 16.9. The van der Waals surface area contributed by atoms with Gasteiger partial charge in [-0.2, -0.15) is 0 Å². The number of amides is 1. The van der Waals surface area contributed by atoms with Gasteiger partial charge in [-0.15, -0.1) is 0 Å². The molecule has 1 amide bonds. The highest BCUT2D eigenvalue weighted by atomic mass is 16.5. The Labute approximate surface area is 180 Å². The first kappa shape index (κ1) is 20.5. The quantitative estimate of drug-likeness (QED) is 0.406. The van der Waals surface area contributed by atoms with Crippen LogP contribution in [0.2, 0.25) is 0 Å². The molecule has 4 aromatic rings. The molecule has 1 heterocycles. The van der Waals surface area contributed by atoms with E-state index in [2.05, 4.69) is 10.3 Å². The smallest absolute Gasteiger partial charge is 0.250 e. The van der Waals surface area contributed by atoms with Crippen LogP contribution < -0.4 is 15.8 Å². The Kier molecular flexibility index (Phi) is 6.21. The maximum atomic E-state index is 11.2. The molecule has 0 fully saturated rings. The first-order valence-electron chi connectivity index (χ1n) is 10.00. The van der Waals surface area contributed by atoms with E-state index in [1.54, 1.807) is 12.1 Å². The molecule has 0 bridgehead atoms. The minimum absolute atomic E-state index is 0.330. The molecule has 6 heteroatoms. The second kappa shape index (κ2) is 9.38. The van der Waals surface area contributed by atoms with Gasteiger partial charge in [0.2, 0.25) is 11.8 Å². The number of pyridine rings is 1. The molecule has 6 nitrogen and oxygen atoms in total. The summed E-state index contributed by atoms with van der Waals surface area (Å²) in [6, 6.07) is 24.7. The summed E-state index contributed by atoms with van der Waals surface area (Å²) in [6.07, 6.45) is 0.834.